The van der Waals surface area contributed by atoms with Gasteiger partial charge in [-0.25, -0.2) is 8.78 Å². The number of carbonyl (C=O) groups excluding carboxylic acids is 1. The number of amides is 1. The predicted molar refractivity (Wildman–Crippen MR) is 116 cm³/mol. The van der Waals surface area contributed by atoms with E-state index in [1.165, 1.54) is 11.2 Å². The lowest BCUT2D eigenvalue weighted by Gasteiger charge is -2.34. The molecule has 5 nitrogen and oxygen atoms in total. The Balaban J connectivity index is 1.65. The first-order valence-corrected chi connectivity index (χ1v) is 12.0. The van der Waals surface area contributed by atoms with Gasteiger partial charge in [0, 0.05) is 28.4 Å². The minimum Gasteiger partial charge on any atom is -0.598 e. The Morgan fingerprint density at radius 1 is 1.35 bits per heavy atom. The first kappa shape index (κ1) is 22.5. The van der Waals surface area contributed by atoms with Crippen LogP contribution in [0.15, 0.2) is 42.5 Å². The van der Waals surface area contributed by atoms with Crippen molar-refractivity contribution in [1.29, 1.82) is 0 Å². The van der Waals surface area contributed by atoms with Gasteiger partial charge in [-0.05, 0) is 29.7 Å². The zero-order valence-electron chi connectivity index (χ0n) is 16.9. The summed E-state index contributed by atoms with van der Waals surface area (Å²) >= 11 is 4.56. The maximum Gasteiger partial charge on any atom is 0.252 e. The van der Waals surface area contributed by atoms with Gasteiger partial charge >= 0.3 is 0 Å². The van der Waals surface area contributed by atoms with Gasteiger partial charge in [-0.1, -0.05) is 41.9 Å². The van der Waals surface area contributed by atoms with Crippen LogP contribution in [0.4, 0.5) is 8.78 Å². The summed E-state index contributed by atoms with van der Waals surface area (Å²) in [5.41, 5.74) is 1.35. The Morgan fingerprint density at radius 3 is 2.74 bits per heavy atom. The van der Waals surface area contributed by atoms with Crippen molar-refractivity contribution in [3.8, 4) is 11.1 Å². The van der Waals surface area contributed by atoms with Crippen LogP contribution in [0, 0.1) is 5.82 Å². The number of benzene rings is 2. The standard InChI is InChI=1S/C22H23ClF2N2O3S/c1-31(29)26-21-17(24)12-27(22(28)19-8-9-30-19)18(21)11-14-5-3-7-16(20(14)25)13-4-2-6-15(23)10-13/h2-7,10,17-19,21,26H,8-9,11-12H2,1H3/t17-,18-,19?,21-,31?/m0/s1. The van der Waals surface area contributed by atoms with Gasteiger partial charge in [0.2, 0.25) is 0 Å². The fourth-order valence-corrected chi connectivity index (χ4v) is 5.04. The third-order valence-corrected chi connectivity index (χ3v) is 6.62. The monoisotopic (exact) mass is 468 g/mol. The second-order valence-corrected chi connectivity index (χ2v) is 9.39. The second-order valence-electron chi connectivity index (χ2n) is 7.81. The Morgan fingerprint density at radius 2 is 2.10 bits per heavy atom. The molecule has 0 radical (unpaired) electrons. The van der Waals surface area contributed by atoms with E-state index >= 15 is 4.39 Å². The van der Waals surface area contributed by atoms with Crippen molar-refractivity contribution >= 4 is 28.9 Å². The average molecular weight is 469 g/mol. The van der Waals surface area contributed by atoms with Crippen LogP contribution in [0.2, 0.25) is 5.02 Å². The number of hydrogen-bond donors (Lipinski definition) is 1. The average Bonchev–Trinajstić information content (AvgIpc) is 2.97. The van der Waals surface area contributed by atoms with Crippen LogP contribution in [0.1, 0.15) is 12.0 Å². The molecule has 2 fully saturated rings. The van der Waals surface area contributed by atoms with Gasteiger partial charge in [0.25, 0.3) is 5.91 Å². The smallest absolute Gasteiger partial charge is 0.252 e. The molecule has 2 aromatic rings. The van der Waals surface area contributed by atoms with Crippen LogP contribution in [0.5, 0.6) is 0 Å². The summed E-state index contributed by atoms with van der Waals surface area (Å²) in [5, 5.41) is 0.491. The lowest BCUT2D eigenvalue weighted by molar-refractivity contribution is -0.157. The first-order chi connectivity index (χ1) is 14.8. The molecule has 9 heteroatoms. The summed E-state index contributed by atoms with van der Waals surface area (Å²) in [6.45, 7) is 0.346. The van der Waals surface area contributed by atoms with Gasteiger partial charge < -0.3 is 14.2 Å². The number of likely N-dealkylation sites (tertiary alicyclic amines) is 1. The Hall–Kier alpha value is -1.71. The summed E-state index contributed by atoms with van der Waals surface area (Å²) < 4.78 is 50.1. The molecular formula is C22H23ClF2N2O3S. The van der Waals surface area contributed by atoms with E-state index in [-0.39, 0.29) is 18.9 Å². The second kappa shape index (κ2) is 9.42. The molecule has 2 aliphatic heterocycles. The van der Waals surface area contributed by atoms with Crippen molar-refractivity contribution < 1.29 is 22.9 Å². The fraction of sp³-hybridized carbons (Fsp3) is 0.409. The van der Waals surface area contributed by atoms with Gasteiger partial charge in [0.05, 0.1) is 19.2 Å². The molecule has 2 saturated heterocycles. The molecule has 166 valence electrons. The molecule has 31 heavy (non-hydrogen) atoms. The molecule has 5 atom stereocenters. The summed E-state index contributed by atoms with van der Waals surface area (Å²) in [6, 6.07) is 10.3. The van der Waals surface area contributed by atoms with E-state index in [1.807, 2.05) is 0 Å². The van der Waals surface area contributed by atoms with E-state index in [2.05, 4.69) is 4.72 Å². The lowest BCUT2D eigenvalue weighted by atomic mass is 9.95. The molecular weight excluding hydrogens is 446 g/mol. The van der Waals surface area contributed by atoms with E-state index < -0.39 is 41.5 Å². The van der Waals surface area contributed by atoms with Crippen LogP contribution in [0.25, 0.3) is 11.1 Å². The van der Waals surface area contributed by atoms with Gasteiger partial charge in [0.15, 0.2) is 0 Å². The fourth-order valence-electron chi connectivity index (χ4n) is 4.16. The van der Waals surface area contributed by atoms with Crippen molar-refractivity contribution in [3.63, 3.8) is 0 Å². The Bertz CT molecular complexity index is 960. The third-order valence-electron chi connectivity index (χ3n) is 5.78. The SMILES string of the molecule is C[S+]([O-])N[C@H]1[C@@H](F)CN(C(=O)C2CCO2)[C@H]1Cc1cccc(-c2cccc(Cl)c2)c1F. The van der Waals surface area contributed by atoms with Crippen molar-refractivity contribution in [2.24, 2.45) is 0 Å². The number of halogens is 3. The number of rotatable bonds is 6. The summed E-state index contributed by atoms with van der Waals surface area (Å²) in [6.07, 6.45) is 0.0490. The van der Waals surface area contributed by atoms with Crippen molar-refractivity contribution in [3.05, 3.63) is 58.9 Å². The Kier molecular flexibility index (Phi) is 6.83. The molecule has 0 spiro atoms. The largest absolute Gasteiger partial charge is 0.598 e. The van der Waals surface area contributed by atoms with Crippen LogP contribution < -0.4 is 4.72 Å². The first-order valence-electron chi connectivity index (χ1n) is 10.0. The molecule has 0 aromatic heterocycles. The molecule has 2 aromatic carbocycles. The molecule has 1 amide bonds. The van der Waals surface area contributed by atoms with Gasteiger partial charge in [-0.3, -0.25) is 4.79 Å². The van der Waals surface area contributed by atoms with Crippen molar-refractivity contribution in [2.45, 2.75) is 37.2 Å². The quantitative estimate of drug-likeness (QED) is 0.661. The topological polar surface area (TPSA) is 64.6 Å². The van der Waals surface area contributed by atoms with E-state index in [4.69, 9.17) is 16.3 Å². The third kappa shape index (κ3) is 4.73. The van der Waals surface area contributed by atoms with Gasteiger partial charge in [-0.15, -0.1) is 4.72 Å². The minimum absolute atomic E-state index is 0.0774. The highest BCUT2D eigenvalue weighted by atomic mass is 35.5. The number of hydrogen-bond acceptors (Lipinski definition) is 4. The highest BCUT2D eigenvalue weighted by Crippen LogP contribution is 2.32. The number of ether oxygens (including phenoxy) is 1. The number of nitrogens with one attached hydrogen (secondary N) is 1. The van der Waals surface area contributed by atoms with Gasteiger partial charge in [0.1, 0.15) is 30.4 Å². The van der Waals surface area contributed by atoms with Crippen LogP contribution in [-0.2, 0) is 27.3 Å². The number of carbonyl (C=O) groups is 1. The van der Waals surface area contributed by atoms with Crippen molar-refractivity contribution in [1.82, 2.24) is 9.62 Å². The lowest BCUT2D eigenvalue weighted by Crippen LogP contribution is -2.53. The summed E-state index contributed by atoms with van der Waals surface area (Å²) in [7, 11) is 0. The molecule has 2 aliphatic rings. The predicted octanol–water partition coefficient (Wildman–Crippen LogP) is 3.28. The van der Waals surface area contributed by atoms with Crippen LogP contribution in [0.3, 0.4) is 0 Å². The summed E-state index contributed by atoms with van der Waals surface area (Å²) in [4.78, 5) is 14.2. The summed E-state index contributed by atoms with van der Waals surface area (Å²) in [5.74, 6) is -0.757. The molecule has 2 unspecified atom stereocenters. The molecule has 0 saturated carbocycles. The zero-order valence-corrected chi connectivity index (χ0v) is 18.5. The molecule has 0 bridgehead atoms. The molecule has 1 N–H and O–H groups in total. The van der Waals surface area contributed by atoms with Crippen LogP contribution >= 0.6 is 11.6 Å². The molecule has 2 heterocycles. The molecule has 0 aliphatic carbocycles. The minimum atomic E-state index is -1.49. The van der Waals surface area contributed by atoms with Gasteiger partial charge in [-0.2, -0.15) is 0 Å². The maximum atomic E-state index is 15.4. The van der Waals surface area contributed by atoms with E-state index in [1.54, 1.807) is 42.5 Å². The maximum absolute atomic E-state index is 15.4. The van der Waals surface area contributed by atoms with E-state index in [0.29, 0.717) is 34.7 Å². The van der Waals surface area contributed by atoms with Crippen LogP contribution in [-0.4, -0.2) is 59.1 Å². The molecule has 4 rings (SSSR count). The number of nitrogens with zero attached hydrogens (tertiary/aromatic N) is 1. The highest BCUT2D eigenvalue weighted by molar-refractivity contribution is 7.88. The number of alkyl halides is 1. The normalized spacial score (nSPS) is 26.5. The van der Waals surface area contributed by atoms with Crippen molar-refractivity contribution in [2.75, 3.05) is 19.4 Å². The van der Waals surface area contributed by atoms with E-state index in [9.17, 15) is 13.7 Å². The van der Waals surface area contributed by atoms with E-state index in [0.717, 1.165) is 0 Å². The highest BCUT2D eigenvalue weighted by Gasteiger charge is 2.48. The Labute approximate surface area is 188 Å². The zero-order chi connectivity index (χ0) is 22.1.